The summed E-state index contributed by atoms with van der Waals surface area (Å²) < 4.78 is 48.9. The van der Waals surface area contributed by atoms with Gasteiger partial charge in [0.1, 0.15) is 34.9 Å². The second kappa shape index (κ2) is 8.57. The quantitative estimate of drug-likeness (QED) is 0.553. The minimum atomic E-state index is -0.991. The summed E-state index contributed by atoms with van der Waals surface area (Å²) in [4.78, 5) is 21.0. The van der Waals surface area contributed by atoms with E-state index in [0.717, 1.165) is 30.3 Å². The number of rotatable bonds is 5. The number of carbonyl (C=O) groups is 1. The normalized spacial score (nSPS) is 23.1. The number of hydrogen-bond acceptors (Lipinski definition) is 6. The van der Waals surface area contributed by atoms with Gasteiger partial charge in [-0.15, -0.1) is 0 Å². The molecule has 176 valence electrons. The van der Waals surface area contributed by atoms with Crippen LogP contribution in [0.4, 0.5) is 13.2 Å². The van der Waals surface area contributed by atoms with Gasteiger partial charge in [0, 0.05) is 25.2 Å². The van der Waals surface area contributed by atoms with E-state index in [1.165, 1.54) is 6.20 Å². The third-order valence-corrected chi connectivity index (χ3v) is 6.45. The first-order valence-corrected chi connectivity index (χ1v) is 10.9. The molecule has 1 spiro atoms. The van der Waals surface area contributed by atoms with Crippen molar-refractivity contribution in [2.75, 3.05) is 0 Å². The maximum Gasteiger partial charge on any atom is 0.185 e. The fraction of sp³-hybridized carbons (Fsp3) is 0.320. The van der Waals surface area contributed by atoms with Crippen molar-refractivity contribution in [3.63, 3.8) is 0 Å². The Morgan fingerprint density at radius 3 is 2.50 bits per heavy atom. The third-order valence-electron chi connectivity index (χ3n) is 6.45. The Kier molecular flexibility index (Phi) is 5.71. The molecule has 2 fully saturated rings. The van der Waals surface area contributed by atoms with Crippen molar-refractivity contribution < 1.29 is 32.9 Å². The molecule has 0 radical (unpaired) electrons. The van der Waals surface area contributed by atoms with Crippen molar-refractivity contribution in [1.29, 1.82) is 0 Å². The fourth-order valence-corrected chi connectivity index (χ4v) is 4.49. The van der Waals surface area contributed by atoms with Crippen molar-refractivity contribution in [2.45, 2.75) is 49.6 Å². The summed E-state index contributed by atoms with van der Waals surface area (Å²) in [5.74, 6) is -3.45. The molecule has 2 aromatic heterocycles. The standard InChI is InChI=1S/C25H21F3N2O4/c26-15-2-1-3-16(27)22(15)23-17(28)4-5-18(30-23)19(31)10-13-12-29-9-6-14(13)21-11-20(32)24(33)25(34-21)7-8-25/h1-6,9,12,20-21,24,32-33H,7-8,10-11H2/t20-,21-,24+/m0/s1. The average molecular weight is 470 g/mol. The van der Waals surface area contributed by atoms with Gasteiger partial charge in [-0.2, -0.15) is 0 Å². The topological polar surface area (TPSA) is 92.5 Å². The highest BCUT2D eigenvalue weighted by Gasteiger charge is 2.57. The van der Waals surface area contributed by atoms with Crippen molar-refractivity contribution in [3.8, 4) is 11.3 Å². The lowest BCUT2D eigenvalue weighted by Crippen LogP contribution is -2.47. The first-order valence-electron chi connectivity index (χ1n) is 10.9. The Labute approximate surface area is 193 Å². The molecule has 2 aliphatic rings. The molecule has 3 atom stereocenters. The van der Waals surface area contributed by atoms with E-state index < -0.39 is 58.4 Å². The molecule has 1 saturated heterocycles. The Bertz CT molecular complexity index is 1240. The Morgan fingerprint density at radius 2 is 1.79 bits per heavy atom. The van der Waals surface area contributed by atoms with Crippen LogP contribution in [0.1, 0.15) is 47.0 Å². The smallest absolute Gasteiger partial charge is 0.185 e. The monoisotopic (exact) mass is 470 g/mol. The zero-order chi connectivity index (χ0) is 24.0. The molecule has 3 heterocycles. The van der Waals surface area contributed by atoms with Crippen LogP contribution in [-0.2, 0) is 11.2 Å². The largest absolute Gasteiger partial charge is 0.390 e. The van der Waals surface area contributed by atoms with E-state index in [-0.39, 0.29) is 18.5 Å². The number of Topliss-reactive ketones (excluding diaryl/α,β-unsaturated/α-hetero) is 1. The average Bonchev–Trinajstić information content (AvgIpc) is 3.58. The highest BCUT2D eigenvalue weighted by Crippen LogP contribution is 2.52. The number of pyridine rings is 2. The number of hydrogen-bond donors (Lipinski definition) is 2. The molecular formula is C25H21F3N2O4. The van der Waals surface area contributed by atoms with Gasteiger partial charge in [0.15, 0.2) is 5.78 Å². The predicted octanol–water partition coefficient (Wildman–Crippen LogP) is 3.70. The highest BCUT2D eigenvalue weighted by molar-refractivity contribution is 5.96. The van der Waals surface area contributed by atoms with Crippen LogP contribution in [-0.4, -0.2) is 43.8 Å². The van der Waals surface area contributed by atoms with Gasteiger partial charge in [-0.25, -0.2) is 18.2 Å². The van der Waals surface area contributed by atoms with E-state index in [0.29, 0.717) is 24.0 Å². The summed E-state index contributed by atoms with van der Waals surface area (Å²) in [5, 5.41) is 20.6. The lowest BCUT2D eigenvalue weighted by atomic mass is 9.90. The molecule has 5 rings (SSSR count). The molecule has 6 nitrogen and oxygen atoms in total. The van der Waals surface area contributed by atoms with Crippen LogP contribution in [0.2, 0.25) is 0 Å². The fourth-order valence-electron chi connectivity index (χ4n) is 4.49. The molecule has 34 heavy (non-hydrogen) atoms. The predicted molar refractivity (Wildman–Crippen MR) is 114 cm³/mol. The van der Waals surface area contributed by atoms with Crippen molar-refractivity contribution >= 4 is 5.78 Å². The van der Waals surface area contributed by atoms with Gasteiger partial charge in [-0.1, -0.05) is 6.07 Å². The van der Waals surface area contributed by atoms with Gasteiger partial charge in [0.05, 0.1) is 23.4 Å². The zero-order valence-corrected chi connectivity index (χ0v) is 17.9. The molecule has 0 bridgehead atoms. The minimum Gasteiger partial charge on any atom is -0.390 e. The molecule has 1 saturated carbocycles. The van der Waals surface area contributed by atoms with Crippen LogP contribution in [0.3, 0.4) is 0 Å². The lowest BCUT2D eigenvalue weighted by molar-refractivity contribution is -0.185. The summed E-state index contributed by atoms with van der Waals surface area (Å²) >= 11 is 0. The second-order valence-electron chi connectivity index (χ2n) is 8.72. The van der Waals surface area contributed by atoms with Gasteiger partial charge in [0.25, 0.3) is 0 Å². The highest BCUT2D eigenvalue weighted by atomic mass is 19.1. The van der Waals surface area contributed by atoms with E-state index in [4.69, 9.17) is 4.74 Å². The van der Waals surface area contributed by atoms with Crippen LogP contribution in [0, 0.1) is 17.5 Å². The van der Waals surface area contributed by atoms with Gasteiger partial charge < -0.3 is 14.9 Å². The van der Waals surface area contributed by atoms with Crippen LogP contribution in [0.5, 0.6) is 0 Å². The van der Waals surface area contributed by atoms with Gasteiger partial charge in [0.2, 0.25) is 0 Å². The number of aliphatic hydroxyl groups excluding tert-OH is 2. The number of benzene rings is 1. The molecule has 2 N–H and O–H groups in total. The van der Waals surface area contributed by atoms with Crippen LogP contribution in [0.25, 0.3) is 11.3 Å². The molecule has 0 amide bonds. The SMILES string of the molecule is O=C(Cc1cnccc1[C@@H]1C[C@H](O)[C@@H](O)C2(CC2)O1)c1ccc(F)c(-c2c(F)cccc2F)n1. The summed E-state index contributed by atoms with van der Waals surface area (Å²) in [6, 6.07) is 6.92. The van der Waals surface area contributed by atoms with Crippen molar-refractivity contribution in [3.05, 3.63) is 83.1 Å². The lowest BCUT2D eigenvalue weighted by Gasteiger charge is -2.38. The van der Waals surface area contributed by atoms with Crippen molar-refractivity contribution in [1.82, 2.24) is 9.97 Å². The molecule has 1 aliphatic carbocycles. The molecular weight excluding hydrogens is 449 g/mol. The van der Waals surface area contributed by atoms with Gasteiger partial charge >= 0.3 is 0 Å². The molecule has 9 heteroatoms. The number of carbonyl (C=O) groups excluding carboxylic acids is 1. The summed E-state index contributed by atoms with van der Waals surface area (Å²) in [5.41, 5.74) is -1.01. The third kappa shape index (κ3) is 4.00. The molecule has 0 unspecified atom stereocenters. The van der Waals surface area contributed by atoms with E-state index >= 15 is 0 Å². The number of aromatic nitrogens is 2. The second-order valence-corrected chi connectivity index (χ2v) is 8.72. The van der Waals surface area contributed by atoms with E-state index in [1.54, 1.807) is 12.3 Å². The van der Waals surface area contributed by atoms with Gasteiger partial charge in [-0.05, 0) is 54.3 Å². The number of aliphatic hydroxyl groups is 2. The van der Waals surface area contributed by atoms with E-state index in [9.17, 15) is 28.2 Å². The van der Waals surface area contributed by atoms with E-state index in [2.05, 4.69) is 9.97 Å². The van der Waals surface area contributed by atoms with Crippen LogP contribution >= 0.6 is 0 Å². The summed E-state index contributed by atoms with van der Waals surface area (Å²) in [7, 11) is 0. The van der Waals surface area contributed by atoms with E-state index in [1.807, 2.05) is 0 Å². The molecule has 1 aliphatic heterocycles. The first-order chi connectivity index (χ1) is 16.3. The number of ketones is 1. The van der Waals surface area contributed by atoms with Crippen LogP contribution in [0.15, 0.2) is 48.8 Å². The van der Waals surface area contributed by atoms with Crippen LogP contribution < -0.4 is 0 Å². The Balaban J connectivity index is 1.43. The van der Waals surface area contributed by atoms with Gasteiger partial charge in [-0.3, -0.25) is 9.78 Å². The van der Waals surface area contributed by atoms with Crippen molar-refractivity contribution in [2.24, 2.45) is 0 Å². The Morgan fingerprint density at radius 1 is 1.06 bits per heavy atom. The summed E-state index contributed by atoms with van der Waals surface area (Å²) in [6.07, 6.45) is 1.81. The Hall–Kier alpha value is -3.14. The zero-order valence-electron chi connectivity index (χ0n) is 17.9. The summed E-state index contributed by atoms with van der Waals surface area (Å²) in [6.45, 7) is 0. The maximum absolute atomic E-state index is 14.4. The molecule has 1 aromatic carbocycles. The number of halogens is 3. The number of nitrogens with zero attached hydrogens (tertiary/aromatic N) is 2. The first kappa shape index (κ1) is 22.6. The number of ether oxygens (including phenoxy) is 1. The maximum atomic E-state index is 14.4. The minimum absolute atomic E-state index is 0.152. The molecule has 3 aromatic rings.